The molecule has 0 amide bonds. The minimum atomic E-state index is -0.730. The van der Waals surface area contributed by atoms with Gasteiger partial charge in [-0.25, -0.2) is 0 Å². The maximum absolute atomic E-state index is 9.64. The van der Waals surface area contributed by atoms with Gasteiger partial charge < -0.3 is 9.52 Å². The first kappa shape index (κ1) is 15.1. The summed E-state index contributed by atoms with van der Waals surface area (Å²) in [6.45, 7) is 3.52. The summed E-state index contributed by atoms with van der Waals surface area (Å²) < 4.78 is 5.55. The van der Waals surface area contributed by atoms with E-state index in [2.05, 4.69) is 22.3 Å². The van der Waals surface area contributed by atoms with E-state index < -0.39 is 5.60 Å². The maximum atomic E-state index is 9.64. The summed E-state index contributed by atoms with van der Waals surface area (Å²) in [6, 6.07) is 10.4. The number of nitrogens with zero attached hydrogens (tertiary/aromatic N) is 2. The lowest BCUT2D eigenvalue weighted by atomic mass is 10.1. The molecule has 1 aromatic carbocycles. The molecule has 0 bridgehead atoms. The maximum Gasteiger partial charge on any atom is 0.276 e. The van der Waals surface area contributed by atoms with Crippen LogP contribution in [0, 0.1) is 0 Å². The van der Waals surface area contributed by atoms with Crippen molar-refractivity contribution in [3.8, 4) is 0 Å². The number of aliphatic hydroxyl groups is 1. The van der Waals surface area contributed by atoms with Crippen LogP contribution in [0.5, 0.6) is 0 Å². The first-order valence-corrected chi connectivity index (χ1v) is 7.73. The molecule has 0 aliphatic carbocycles. The minimum absolute atomic E-state index is 0.529. The molecule has 2 rings (SSSR count). The summed E-state index contributed by atoms with van der Waals surface area (Å²) >= 11 is 1.39. The van der Waals surface area contributed by atoms with Gasteiger partial charge in [0.2, 0.25) is 5.89 Å². The zero-order chi connectivity index (χ0) is 14.4. The normalized spacial score (nSPS) is 11.8. The van der Waals surface area contributed by atoms with Crippen LogP contribution in [0.2, 0.25) is 0 Å². The van der Waals surface area contributed by atoms with Crippen molar-refractivity contribution in [2.24, 2.45) is 0 Å². The summed E-state index contributed by atoms with van der Waals surface area (Å²) in [5.41, 5.74) is 0.593. The molecule has 0 spiro atoms. The van der Waals surface area contributed by atoms with Crippen LogP contribution in [0.15, 0.2) is 40.0 Å². The fraction of sp³-hybridized carbons (Fsp3) is 0.467. The van der Waals surface area contributed by atoms with E-state index >= 15 is 0 Å². The number of benzene rings is 1. The molecule has 0 saturated heterocycles. The fourth-order valence-electron chi connectivity index (χ4n) is 1.72. The number of aromatic nitrogens is 2. The summed E-state index contributed by atoms with van der Waals surface area (Å²) in [7, 11) is 0. The number of rotatable bonds is 7. The molecule has 1 aromatic heterocycles. The van der Waals surface area contributed by atoms with Gasteiger partial charge in [0, 0.05) is 12.2 Å². The molecule has 0 aliphatic rings. The highest BCUT2D eigenvalue weighted by Crippen LogP contribution is 2.21. The summed E-state index contributed by atoms with van der Waals surface area (Å²) in [4.78, 5) is 0. The molecule has 108 valence electrons. The summed E-state index contributed by atoms with van der Waals surface area (Å²) in [5.74, 6) is 1.21. The Kier molecular flexibility index (Phi) is 5.20. The van der Waals surface area contributed by atoms with Gasteiger partial charge in [-0.1, -0.05) is 42.1 Å². The molecule has 2 aromatic rings. The lowest BCUT2D eigenvalue weighted by molar-refractivity contribution is 0.106. The lowest BCUT2D eigenvalue weighted by Crippen LogP contribution is -2.21. The van der Waals surface area contributed by atoms with Gasteiger partial charge >= 0.3 is 0 Å². The molecule has 4 nitrogen and oxygen atoms in total. The lowest BCUT2D eigenvalue weighted by Gasteiger charge is -2.13. The van der Waals surface area contributed by atoms with Crippen molar-refractivity contribution < 1.29 is 9.52 Å². The number of thioether (sulfide) groups is 1. The summed E-state index contributed by atoms with van der Waals surface area (Å²) in [6.07, 6.45) is 2.78. The Hall–Kier alpha value is -1.33. The van der Waals surface area contributed by atoms with Crippen molar-refractivity contribution in [3.05, 3.63) is 41.8 Å². The van der Waals surface area contributed by atoms with Crippen LogP contribution in [0.3, 0.4) is 0 Å². The SMILES string of the molecule is CC(C)(O)CSc1nnc(CCCc2ccccc2)o1. The average Bonchev–Trinajstić information content (AvgIpc) is 2.85. The average molecular weight is 292 g/mol. The van der Waals surface area contributed by atoms with Crippen molar-refractivity contribution in [2.45, 2.75) is 43.9 Å². The van der Waals surface area contributed by atoms with E-state index in [-0.39, 0.29) is 0 Å². The van der Waals surface area contributed by atoms with Crippen molar-refractivity contribution in [1.82, 2.24) is 10.2 Å². The molecule has 1 heterocycles. The highest BCUT2D eigenvalue weighted by molar-refractivity contribution is 7.99. The Morgan fingerprint density at radius 1 is 1.15 bits per heavy atom. The van der Waals surface area contributed by atoms with Crippen molar-refractivity contribution in [2.75, 3.05) is 5.75 Å². The second-order valence-electron chi connectivity index (χ2n) is 5.40. The fourth-order valence-corrected chi connectivity index (χ4v) is 2.45. The quantitative estimate of drug-likeness (QED) is 0.795. The third-order valence-electron chi connectivity index (χ3n) is 2.70. The highest BCUT2D eigenvalue weighted by atomic mass is 32.2. The van der Waals surface area contributed by atoms with E-state index in [1.54, 1.807) is 13.8 Å². The Balaban J connectivity index is 1.75. The van der Waals surface area contributed by atoms with Gasteiger partial charge in [-0.15, -0.1) is 10.2 Å². The van der Waals surface area contributed by atoms with E-state index in [1.807, 2.05) is 18.2 Å². The van der Waals surface area contributed by atoms with Crippen LogP contribution < -0.4 is 0 Å². The Morgan fingerprint density at radius 2 is 1.90 bits per heavy atom. The largest absolute Gasteiger partial charge is 0.416 e. The first-order valence-electron chi connectivity index (χ1n) is 6.74. The molecule has 5 heteroatoms. The molecule has 1 N–H and O–H groups in total. The highest BCUT2D eigenvalue weighted by Gasteiger charge is 2.15. The molecule has 0 unspecified atom stereocenters. The van der Waals surface area contributed by atoms with E-state index in [1.165, 1.54) is 17.3 Å². The van der Waals surface area contributed by atoms with E-state index in [4.69, 9.17) is 4.42 Å². The van der Waals surface area contributed by atoms with Crippen molar-refractivity contribution >= 4 is 11.8 Å². The van der Waals surface area contributed by atoms with Gasteiger partial charge in [0.25, 0.3) is 5.22 Å². The van der Waals surface area contributed by atoms with Gasteiger partial charge in [0.05, 0.1) is 5.60 Å². The van der Waals surface area contributed by atoms with Crippen LogP contribution in [-0.4, -0.2) is 26.7 Å². The zero-order valence-electron chi connectivity index (χ0n) is 11.9. The zero-order valence-corrected chi connectivity index (χ0v) is 12.7. The Labute approximate surface area is 123 Å². The predicted octanol–water partition coefficient (Wildman–Crippen LogP) is 3.11. The standard InChI is InChI=1S/C15H20N2O2S/c1-15(2,18)11-20-14-17-16-13(19-14)10-6-9-12-7-4-3-5-8-12/h3-5,7-8,18H,6,9-11H2,1-2H3. The molecule has 0 aliphatic heterocycles. The van der Waals surface area contributed by atoms with E-state index in [9.17, 15) is 5.11 Å². The molecule has 0 radical (unpaired) electrons. The monoisotopic (exact) mass is 292 g/mol. The van der Waals surface area contributed by atoms with Gasteiger partial charge in [-0.2, -0.15) is 0 Å². The molecule has 0 saturated carbocycles. The van der Waals surface area contributed by atoms with Crippen LogP contribution >= 0.6 is 11.8 Å². The van der Waals surface area contributed by atoms with E-state index in [0.717, 1.165) is 19.3 Å². The second-order valence-corrected chi connectivity index (χ2v) is 6.33. The van der Waals surface area contributed by atoms with Crippen LogP contribution in [-0.2, 0) is 12.8 Å². The first-order chi connectivity index (χ1) is 9.53. The van der Waals surface area contributed by atoms with E-state index in [0.29, 0.717) is 16.9 Å². The third-order valence-corrected chi connectivity index (χ3v) is 3.96. The van der Waals surface area contributed by atoms with Gasteiger partial charge in [0.15, 0.2) is 0 Å². The van der Waals surface area contributed by atoms with Gasteiger partial charge in [-0.05, 0) is 32.3 Å². The number of hydrogen-bond donors (Lipinski definition) is 1. The minimum Gasteiger partial charge on any atom is -0.416 e. The third kappa shape index (κ3) is 5.35. The number of hydrogen-bond acceptors (Lipinski definition) is 5. The van der Waals surface area contributed by atoms with Crippen LogP contribution in [0.1, 0.15) is 31.7 Å². The topological polar surface area (TPSA) is 59.2 Å². The molecule has 0 fully saturated rings. The Bertz CT molecular complexity index is 520. The molecular weight excluding hydrogens is 272 g/mol. The van der Waals surface area contributed by atoms with Crippen LogP contribution in [0.4, 0.5) is 0 Å². The van der Waals surface area contributed by atoms with Crippen molar-refractivity contribution in [1.29, 1.82) is 0 Å². The number of aryl methyl sites for hydroxylation is 2. The predicted molar refractivity (Wildman–Crippen MR) is 79.8 cm³/mol. The van der Waals surface area contributed by atoms with Crippen LogP contribution in [0.25, 0.3) is 0 Å². The van der Waals surface area contributed by atoms with Gasteiger partial charge in [0.1, 0.15) is 0 Å². The smallest absolute Gasteiger partial charge is 0.276 e. The van der Waals surface area contributed by atoms with Gasteiger partial charge in [-0.3, -0.25) is 0 Å². The Morgan fingerprint density at radius 3 is 2.60 bits per heavy atom. The molecular formula is C15H20N2O2S. The molecule has 0 atom stereocenters. The second kappa shape index (κ2) is 6.90. The van der Waals surface area contributed by atoms with Crippen molar-refractivity contribution in [3.63, 3.8) is 0 Å². The molecule has 20 heavy (non-hydrogen) atoms. The summed E-state index contributed by atoms with van der Waals surface area (Å²) in [5, 5.41) is 18.2.